The van der Waals surface area contributed by atoms with Gasteiger partial charge in [0, 0.05) is 45.4 Å². The van der Waals surface area contributed by atoms with Crippen LogP contribution in [0.4, 0.5) is 0 Å². The maximum absolute atomic E-state index is 9.26. The quantitative estimate of drug-likeness (QED) is 0.201. The molecule has 5 nitrogen and oxygen atoms in total. The van der Waals surface area contributed by atoms with Crippen LogP contribution in [0, 0.1) is 11.8 Å². The molecule has 1 atom stereocenters. The molecule has 25 heavy (non-hydrogen) atoms. The number of piperidine rings is 1. The van der Waals surface area contributed by atoms with Gasteiger partial charge in [0.2, 0.25) is 0 Å². The molecule has 1 heterocycles. The summed E-state index contributed by atoms with van der Waals surface area (Å²) in [4.78, 5) is 7.23. The minimum Gasteiger partial charge on any atom is -0.396 e. The monoisotopic (exact) mass is 466 g/mol. The van der Waals surface area contributed by atoms with E-state index in [-0.39, 0.29) is 30.6 Å². The summed E-state index contributed by atoms with van der Waals surface area (Å²) in [6, 6.07) is 0.491. The van der Waals surface area contributed by atoms with Gasteiger partial charge in [-0.25, -0.2) is 0 Å². The lowest BCUT2D eigenvalue weighted by Gasteiger charge is -2.32. The van der Waals surface area contributed by atoms with Crippen molar-refractivity contribution in [1.82, 2.24) is 15.5 Å². The molecule has 0 bridgehead atoms. The van der Waals surface area contributed by atoms with Crippen LogP contribution in [0.5, 0.6) is 0 Å². The molecule has 0 aromatic carbocycles. The summed E-state index contributed by atoms with van der Waals surface area (Å²) in [5.74, 6) is 2.02. The van der Waals surface area contributed by atoms with E-state index in [9.17, 15) is 5.11 Å². The fourth-order valence-electron chi connectivity index (χ4n) is 3.31. The minimum absolute atomic E-state index is 0. The topological polar surface area (TPSA) is 59.9 Å². The summed E-state index contributed by atoms with van der Waals surface area (Å²) in [5, 5.41) is 16.2. The Labute approximate surface area is 171 Å². The Hall–Kier alpha value is -0.340. The molecular formula is C19H39IN4O. The number of aliphatic hydroxyl groups excluding tert-OH is 1. The molecule has 1 rings (SSSR count). The van der Waals surface area contributed by atoms with Crippen molar-refractivity contribution in [3.8, 4) is 0 Å². The van der Waals surface area contributed by atoms with Gasteiger partial charge in [0.1, 0.15) is 0 Å². The van der Waals surface area contributed by atoms with E-state index in [2.05, 4.69) is 42.9 Å². The maximum Gasteiger partial charge on any atom is 0.191 e. The SMILES string of the molecule is C=CCN1CCC(NC(=NCC(CCO)CC(C)C)NCC)CC1.I. The lowest BCUT2D eigenvalue weighted by molar-refractivity contribution is 0.224. The Morgan fingerprint density at radius 1 is 1.36 bits per heavy atom. The average Bonchev–Trinajstić information content (AvgIpc) is 2.54. The standard InChI is InChI=1S/C19H38N4O.HI/c1-5-10-23-11-7-18(8-12-23)22-19(20-6-2)21-15-17(9-13-24)14-16(3)4;/h5,16-18,24H,1,6-15H2,2-4H3,(H2,20,21,22);1H. The molecule has 6 heteroatoms. The normalized spacial score (nSPS) is 17.9. The number of nitrogens with zero attached hydrogens (tertiary/aromatic N) is 2. The van der Waals surface area contributed by atoms with E-state index >= 15 is 0 Å². The van der Waals surface area contributed by atoms with Crippen molar-refractivity contribution in [1.29, 1.82) is 0 Å². The van der Waals surface area contributed by atoms with E-state index in [4.69, 9.17) is 4.99 Å². The number of likely N-dealkylation sites (tertiary alicyclic amines) is 1. The van der Waals surface area contributed by atoms with E-state index < -0.39 is 0 Å². The molecule has 0 spiro atoms. The third-order valence-electron chi connectivity index (χ3n) is 4.51. The van der Waals surface area contributed by atoms with Gasteiger partial charge in [-0.1, -0.05) is 19.9 Å². The molecule has 0 aromatic rings. The first-order chi connectivity index (χ1) is 11.6. The zero-order valence-corrected chi connectivity index (χ0v) is 18.7. The number of nitrogens with one attached hydrogen (secondary N) is 2. The summed E-state index contributed by atoms with van der Waals surface area (Å²) < 4.78 is 0. The lowest BCUT2D eigenvalue weighted by Crippen LogP contribution is -2.48. The van der Waals surface area contributed by atoms with Crippen LogP contribution in [0.1, 0.15) is 46.5 Å². The van der Waals surface area contributed by atoms with E-state index in [1.807, 2.05) is 6.08 Å². The molecule has 1 fully saturated rings. The second kappa shape index (κ2) is 14.8. The molecule has 0 saturated carbocycles. The van der Waals surface area contributed by atoms with Gasteiger partial charge in [-0.3, -0.25) is 9.89 Å². The van der Waals surface area contributed by atoms with E-state index in [0.717, 1.165) is 64.4 Å². The summed E-state index contributed by atoms with van der Waals surface area (Å²) in [7, 11) is 0. The number of aliphatic imine (C=N–C) groups is 1. The molecule has 1 aliphatic rings. The number of rotatable bonds is 10. The lowest BCUT2D eigenvalue weighted by atomic mass is 9.94. The van der Waals surface area contributed by atoms with Gasteiger partial charge in [0.05, 0.1) is 0 Å². The fraction of sp³-hybridized carbons (Fsp3) is 0.842. The van der Waals surface area contributed by atoms with Crippen LogP contribution in [-0.4, -0.2) is 61.3 Å². The first kappa shape index (κ1) is 24.7. The summed E-state index contributed by atoms with van der Waals surface area (Å²) >= 11 is 0. The first-order valence-corrected chi connectivity index (χ1v) is 9.57. The maximum atomic E-state index is 9.26. The van der Waals surface area contributed by atoms with Crippen LogP contribution in [0.25, 0.3) is 0 Å². The van der Waals surface area contributed by atoms with Crippen molar-refractivity contribution >= 4 is 29.9 Å². The summed E-state index contributed by atoms with van der Waals surface area (Å²) in [5.41, 5.74) is 0. The van der Waals surface area contributed by atoms with Gasteiger partial charge in [-0.15, -0.1) is 30.6 Å². The molecule has 0 aliphatic carbocycles. The van der Waals surface area contributed by atoms with Crippen LogP contribution in [0.15, 0.2) is 17.6 Å². The predicted octanol–water partition coefficient (Wildman–Crippen LogP) is 2.85. The largest absolute Gasteiger partial charge is 0.396 e. The highest BCUT2D eigenvalue weighted by Gasteiger charge is 2.19. The van der Waals surface area contributed by atoms with Crippen molar-refractivity contribution in [3.05, 3.63) is 12.7 Å². The smallest absolute Gasteiger partial charge is 0.191 e. The van der Waals surface area contributed by atoms with E-state index in [0.29, 0.717) is 17.9 Å². The van der Waals surface area contributed by atoms with Gasteiger partial charge in [0.15, 0.2) is 5.96 Å². The molecule has 1 aliphatic heterocycles. The number of halogens is 1. The van der Waals surface area contributed by atoms with Crippen LogP contribution in [0.2, 0.25) is 0 Å². The van der Waals surface area contributed by atoms with Crippen molar-refractivity contribution in [2.75, 3.05) is 39.3 Å². The Morgan fingerprint density at radius 3 is 2.56 bits per heavy atom. The zero-order chi connectivity index (χ0) is 17.8. The van der Waals surface area contributed by atoms with Gasteiger partial charge < -0.3 is 15.7 Å². The summed E-state index contributed by atoms with van der Waals surface area (Å²) in [6.07, 6.45) is 6.22. The van der Waals surface area contributed by atoms with E-state index in [1.54, 1.807) is 0 Å². The minimum atomic E-state index is 0. The van der Waals surface area contributed by atoms with Crippen molar-refractivity contribution in [2.45, 2.75) is 52.5 Å². The van der Waals surface area contributed by atoms with Crippen molar-refractivity contribution < 1.29 is 5.11 Å². The highest BCUT2D eigenvalue weighted by atomic mass is 127. The van der Waals surface area contributed by atoms with Crippen molar-refractivity contribution in [3.63, 3.8) is 0 Å². The Bertz CT molecular complexity index is 368. The van der Waals surface area contributed by atoms with Crippen LogP contribution in [-0.2, 0) is 0 Å². The highest BCUT2D eigenvalue weighted by molar-refractivity contribution is 14.0. The van der Waals surface area contributed by atoms with Gasteiger partial charge >= 0.3 is 0 Å². The third-order valence-corrected chi connectivity index (χ3v) is 4.51. The molecular weight excluding hydrogens is 427 g/mol. The van der Waals surface area contributed by atoms with Gasteiger partial charge in [0.25, 0.3) is 0 Å². The molecule has 0 amide bonds. The number of hydrogen-bond acceptors (Lipinski definition) is 3. The van der Waals surface area contributed by atoms with Crippen LogP contribution < -0.4 is 10.6 Å². The Balaban J connectivity index is 0.00000576. The first-order valence-electron chi connectivity index (χ1n) is 9.57. The van der Waals surface area contributed by atoms with Gasteiger partial charge in [-0.05, 0) is 44.4 Å². The second-order valence-corrected chi connectivity index (χ2v) is 7.24. The second-order valence-electron chi connectivity index (χ2n) is 7.24. The van der Waals surface area contributed by atoms with Crippen LogP contribution in [0.3, 0.4) is 0 Å². The Kier molecular flexibility index (Phi) is 14.6. The van der Waals surface area contributed by atoms with E-state index in [1.165, 1.54) is 0 Å². The molecule has 1 unspecified atom stereocenters. The summed E-state index contributed by atoms with van der Waals surface area (Å²) in [6.45, 7) is 15.5. The highest BCUT2D eigenvalue weighted by Crippen LogP contribution is 2.15. The van der Waals surface area contributed by atoms with Crippen molar-refractivity contribution in [2.24, 2.45) is 16.8 Å². The number of hydrogen-bond donors (Lipinski definition) is 3. The molecule has 0 aromatic heterocycles. The molecule has 148 valence electrons. The Morgan fingerprint density at radius 2 is 2.04 bits per heavy atom. The predicted molar refractivity (Wildman–Crippen MR) is 119 cm³/mol. The van der Waals surface area contributed by atoms with Gasteiger partial charge in [-0.2, -0.15) is 0 Å². The van der Waals surface area contributed by atoms with Crippen LogP contribution >= 0.6 is 24.0 Å². The zero-order valence-electron chi connectivity index (χ0n) is 16.3. The average molecular weight is 466 g/mol. The number of aliphatic hydroxyl groups is 1. The molecule has 0 radical (unpaired) electrons. The molecule has 3 N–H and O–H groups in total. The third kappa shape index (κ3) is 11.1. The molecule has 1 saturated heterocycles. The number of guanidine groups is 1. The fourth-order valence-corrected chi connectivity index (χ4v) is 3.31.